The predicted octanol–water partition coefficient (Wildman–Crippen LogP) is -0.754. The number of primary sulfonamides is 1. The molecule has 0 saturated heterocycles. The molecule has 0 fully saturated rings. The summed E-state index contributed by atoms with van der Waals surface area (Å²) in [7, 11) is -1.28. The minimum Gasteiger partial charge on any atom is -0.453 e. The summed E-state index contributed by atoms with van der Waals surface area (Å²) in [5, 5.41) is 10.8. The number of methoxy groups -OCH3 is 1. The first kappa shape index (κ1) is 11.5. The predicted molar refractivity (Wildman–Crippen MR) is 50.6 cm³/mol. The van der Waals surface area contributed by atoms with E-state index in [1.807, 2.05) is 0 Å². The van der Waals surface area contributed by atoms with Crippen LogP contribution < -0.4 is 10.5 Å². The van der Waals surface area contributed by atoms with Gasteiger partial charge in [-0.2, -0.15) is 5.10 Å². The Morgan fingerprint density at radius 2 is 2.27 bits per heavy atom. The maximum absolute atomic E-state index is 11.1. The first-order valence-electron chi connectivity index (χ1n) is 3.76. The molecule has 1 amide bonds. The maximum Gasteiger partial charge on any atom is 0.412 e. The summed E-state index contributed by atoms with van der Waals surface area (Å²) in [6.07, 6.45) is 0.360. The number of hydrogen-bond acceptors (Lipinski definition) is 5. The second-order valence-corrected chi connectivity index (χ2v) is 4.21. The van der Waals surface area contributed by atoms with E-state index in [2.05, 4.69) is 15.2 Å². The number of nitrogens with two attached hydrogens (primary N) is 1. The van der Waals surface area contributed by atoms with Gasteiger partial charge in [0.15, 0.2) is 5.82 Å². The lowest BCUT2D eigenvalue weighted by Crippen LogP contribution is -2.17. The van der Waals surface area contributed by atoms with Gasteiger partial charge in [-0.15, -0.1) is 0 Å². The molecule has 0 aromatic carbocycles. The zero-order valence-electron chi connectivity index (χ0n) is 8.09. The molecule has 0 aliphatic rings. The van der Waals surface area contributed by atoms with Crippen molar-refractivity contribution in [1.29, 1.82) is 0 Å². The average Bonchev–Trinajstić information content (AvgIpc) is 2.45. The van der Waals surface area contributed by atoms with Gasteiger partial charge in [0, 0.05) is 13.2 Å². The molecule has 0 saturated carbocycles. The van der Waals surface area contributed by atoms with E-state index in [1.54, 1.807) is 0 Å². The number of carbonyl (C=O) groups excluding carboxylic acids is 1. The highest BCUT2D eigenvalue weighted by atomic mass is 32.2. The molecule has 1 rings (SSSR count). The van der Waals surface area contributed by atoms with Crippen molar-refractivity contribution in [3.8, 4) is 0 Å². The normalized spacial score (nSPS) is 11.1. The Labute approximate surface area is 86.1 Å². The number of sulfonamides is 1. The number of nitrogens with zero attached hydrogens (tertiary/aromatic N) is 2. The van der Waals surface area contributed by atoms with Crippen LogP contribution in [0.1, 0.15) is 0 Å². The van der Waals surface area contributed by atoms with E-state index in [1.165, 1.54) is 17.9 Å². The lowest BCUT2D eigenvalue weighted by molar-refractivity contribution is 0.186. The Morgan fingerprint density at radius 1 is 1.67 bits per heavy atom. The van der Waals surface area contributed by atoms with E-state index < -0.39 is 16.1 Å². The van der Waals surface area contributed by atoms with Crippen LogP contribution in [0.25, 0.3) is 0 Å². The summed E-state index contributed by atoms with van der Waals surface area (Å²) >= 11 is 0. The third-order valence-corrected chi connectivity index (χ3v) is 2.42. The number of carbonyl (C=O) groups is 1. The third-order valence-electron chi connectivity index (χ3n) is 1.51. The number of aryl methyl sites for hydroxylation is 1. The van der Waals surface area contributed by atoms with Crippen molar-refractivity contribution >= 4 is 21.9 Å². The molecule has 0 radical (unpaired) electrons. The average molecular weight is 234 g/mol. The number of nitrogens with one attached hydrogen (secondary N) is 1. The smallest absolute Gasteiger partial charge is 0.412 e. The maximum atomic E-state index is 11.1. The van der Waals surface area contributed by atoms with Crippen molar-refractivity contribution in [2.75, 3.05) is 12.4 Å². The minimum atomic E-state index is -3.92. The zero-order valence-corrected chi connectivity index (χ0v) is 8.91. The Hall–Kier alpha value is -1.61. The van der Waals surface area contributed by atoms with Gasteiger partial charge in [0.25, 0.3) is 0 Å². The first-order valence-corrected chi connectivity index (χ1v) is 5.30. The van der Waals surface area contributed by atoms with Gasteiger partial charge in [-0.3, -0.25) is 10.00 Å². The lowest BCUT2D eigenvalue weighted by Gasteiger charge is -2.01. The Morgan fingerprint density at radius 3 is 2.73 bits per heavy atom. The van der Waals surface area contributed by atoms with E-state index in [4.69, 9.17) is 5.14 Å². The van der Waals surface area contributed by atoms with Crippen LogP contribution in [0.4, 0.5) is 10.6 Å². The number of ether oxygens (including phenoxy) is 1. The highest BCUT2D eigenvalue weighted by molar-refractivity contribution is 7.89. The monoisotopic (exact) mass is 234 g/mol. The topological polar surface area (TPSA) is 116 Å². The van der Waals surface area contributed by atoms with Crippen molar-refractivity contribution in [2.45, 2.75) is 4.90 Å². The van der Waals surface area contributed by atoms with E-state index in [0.29, 0.717) is 0 Å². The summed E-state index contributed by atoms with van der Waals surface area (Å²) < 4.78 is 27.6. The number of anilines is 1. The van der Waals surface area contributed by atoms with E-state index in [0.717, 1.165) is 7.11 Å². The van der Waals surface area contributed by atoms with Gasteiger partial charge in [-0.1, -0.05) is 0 Å². The highest BCUT2D eigenvalue weighted by Crippen LogP contribution is 2.17. The van der Waals surface area contributed by atoms with Gasteiger partial charge < -0.3 is 4.74 Å². The van der Waals surface area contributed by atoms with Crippen LogP contribution in [0.2, 0.25) is 0 Å². The summed E-state index contributed by atoms with van der Waals surface area (Å²) in [4.78, 5) is 10.6. The van der Waals surface area contributed by atoms with Gasteiger partial charge in [-0.05, 0) is 0 Å². The van der Waals surface area contributed by atoms with Gasteiger partial charge in [-0.25, -0.2) is 18.4 Å². The van der Waals surface area contributed by atoms with Crippen LogP contribution in [-0.4, -0.2) is 31.4 Å². The fraction of sp³-hybridized carbons (Fsp3) is 0.333. The molecule has 0 aliphatic heterocycles. The standard InChI is InChI=1S/C6H10N4O4S/c1-10-3-4(15(7,12)13)5(9-10)8-6(11)14-2/h3H,1-2H3,(H2,7,12,13)(H,8,9,11). The molecule has 0 spiro atoms. The lowest BCUT2D eigenvalue weighted by atomic mass is 10.6. The fourth-order valence-corrected chi connectivity index (χ4v) is 1.57. The van der Waals surface area contributed by atoms with Crippen molar-refractivity contribution < 1.29 is 17.9 Å². The molecule has 1 aromatic rings. The second kappa shape index (κ2) is 3.87. The molecule has 1 aromatic heterocycles. The largest absolute Gasteiger partial charge is 0.453 e. The molecule has 3 N–H and O–H groups in total. The molecule has 0 atom stereocenters. The van der Waals surface area contributed by atoms with Crippen LogP contribution >= 0.6 is 0 Å². The van der Waals surface area contributed by atoms with Gasteiger partial charge >= 0.3 is 6.09 Å². The summed E-state index contributed by atoms with van der Waals surface area (Å²) in [6, 6.07) is 0. The number of rotatable bonds is 2. The third kappa shape index (κ3) is 2.67. The number of hydrogen-bond donors (Lipinski definition) is 2. The molecular formula is C6H10N4O4S. The quantitative estimate of drug-likeness (QED) is 0.698. The fourth-order valence-electron chi connectivity index (χ4n) is 0.909. The van der Waals surface area contributed by atoms with E-state index >= 15 is 0 Å². The summed E-state index contributed by atoms with van der Waals surface area (Å²) in [5.74, 6) is -0.160. The van der Waals surface area contributed by atoms with Crippen LogP contribution in [-0.2, 0) is 21.8 Å². The van der Waals surface area contributed by atoms with Crippen molar-refractivity contribution in [1.82, 2.24) is 9.78 Å². The summed E-state index contributed by atoms with van der Waals surface area (Å²) in [6.45, 7) is 0. The number of amides is 1. The SMILES string of the molecule is COC(=O)Nc1nn(C)cc1S(N)(=O)=O. The molecule has 9 heteroatoms. The highest BCUT2D eigenvalue weighted by Gasteiger charge is 2.19. The Bertz CT molecular complexity index is 477. The van der Waals surface area contributed by atoms with Crippen LogP contribution in [0.5, 0.6) is 0 Å². The molecule has 1 heterocycles. The Balaban J connectivity index is 3.13. The molecule has 0 unspecified atom stereocenters. The first-order chi connectivity index (χ1) is 6.84. The van der Waals surface area contributed by atoms with Crippen molar-refractivity contribution in [3.05, 3.63) is 6.20 Å². The molecular weight excluding hydrogens is 224 g/mol. The van der Waals surface area contributed by atoms with Gasteiger partial charge in [0.05, 0.1) is 7.11 Å². The van der Waals surface area contributed by atoms with Crippen LogP contribution in [0.3, 0.4) is 0 Å². The summed E-state index contributed by atoms with van der Waals surface area (Å²) in [5.41, 5.74) is 0. The van der Waals surface area contributed by atoms with Crippen LogP contribution in [0, 0.1) is 0 Å². The minimum absolute atomic E-state index is 0.160. The van der Waals surface area contributed by atoms with E-state index in [9.17, 15) is 13.2 Å². The van der Waals surface area contributed by atoms with Gasteiger partial charge in [0.1, 0.15) is 4.90 Å². The molecule has 0 bridgehead atoms. The van der Waals surface area contributed by atoms with Crippen LogP contribution in [0.15, 0.2) is 11.1 Å². The molecule has 8 nitrogen and oxygen atoms in total. The molecule has 0 aliphatic carbocycles. The molecule has 15 heavy (non-hydrogen) atoms. The Kier molecular flexibility index (Phi) is 2.95. The van der Waals surface area contributed by atoms with Gasteiger partial charge in [0.2, 0.25) is 10.0 Å². The van der Waals surface area contributed by atoms with Crippen molar-refractivity contribution in [2.24, 2.45) is 12.2 Å². The van der Waals surface area contributed by atoms with E-state index in [-0.39, 0.29) is 10.7 Å². The molecule has 84 valence electrons. The van der Waals surface area contributed by atoms with Crippen molar-refractivity contribution in [3.63, 3.8) is 0 Å². The zero-order chi connectivity index (χ0) is 11.6. The number of aromatic nitrogens is 2. The second-order valence-electron chi connectivity index (χ2n) is 2.68.